The highest BCUT2D eigenvalue weighted by Crippen LogP contribution is 2.23. The lowest BCUT2D eigenvalue weighted by molar-refractivity contribution is -0.120. The predicted molar refractivity (Wildman–Crippen MR) is 93.5 cm³/mol. The van der Waals surface area contributed by atoms with Crippen LogP contribution in [0.5, 0.6) is 0 Å². The van der Waals surface area contributed by atoms with Crippen LogP contribution in [0.4, 0.5) is 0 Å². The van der Waals surface area contributed by atoms with Crippen LogP contribution in [0.3, 0.4) is 0 Å². The molecule has 5 nitrogen and oxygen atoms in total. The van der Waals surface area contributed by atoms with Gasteiger partial charge in [0.15, 0.2) is 5.16 Å². The zero-order valence-corrected chi connectivity index (χ0v) is 14.9. The van der Waals surface area contributed by atoms with Crippen LogP contribution in [0.2, 0.25) is 0 Å². The van der Waals surface area contributed by atoms with Crippen molar-refractivity contribution >= 4 is 17.7 Å². The van der Waals surface area contributed by atoms with Gasteiger partial charge in [0.1, 0.15) is 5.82 Å². The van der Waals surface area contributed by atoms with E-state index in [1.165, 1.54) is 17.3 Å². The Morgan fingerprint density at radius 1 is 1.22 bits per heavy atom. The fourth-order valence-corrected chi connectivity index (χ4v) is 3.19. The molecular formula is C17H24N4OS. The van der Waals surface area contributed by atoms with Gasteiger partial charge in [-0.3, -0.25) is 4.79 Å². The Morgan fingerprint density at radius 3 is 2.52 bits per heavy atom. The summed E-state index contributed by atoms with van der Waals surface area (Å²) in [5.74, 6) is 0.956. The van der Waals surface area contributed by atoms with E-state index < -0.39 is 0 Å². The normalized spacial score (nSPS) is 12.4. The third-order valence-electron chi connectivity index (χ3n) is 3.40. The maximum absolute atomic E-state index is 12.1. The molecule has 2 aromatic rings. The Balaban J connectivity index is 2.10. The molecule has 0 fully saturated rings. The van der Waals surface area contributed by atoms with Crippen molar-refractivity contribution in [1.82, 2.24) is 20.1 Å². The van der Waals surface area contributed by atoms with E-state index >= 15 is 0 Å². The number of nitrogens with zero attached hydrogens (tertiary/aromatic N) is 3. The first-order chi connectivity index (χ1) is 11.0. The van der Waals surface area contributed by atoms with Crippen molar-refractivity contribution in [2.24, 2.45) is 0 Å². The molecule has 2 rings (SSSR count). The van der Waals surface area contributed by atoms with E-state index in [1.807, 2.05) is 39.0 Å². The number of benzene rings is 1. The summed E-state index contributed by atoms with van der Waals surface area (Å²) in [7, 11) is 0. The molecule has 0 unspecified atom stereocenters. The van der Waals surface area contributed by atoms with E-state index in [2.05, 4.69) is 39.1 Å². The third kappa shape index (κ3) is 4.82. The van der Waals surface area contributed by atoms with E-state index in [1.54, 1.807) is 0 Å². The van der Waals surface area contributed by atoms with Gasteiger partial charge >= 0.3 is 0 Å². The number of hydrogen-bond acceptors (Lipinski definition) is 4. The minimum absolute atomic E-state index is 0.0280. The van der Waals surface area contributed by atoms with Gasteiger partial charge in [-0.25, -0.2) is 0 Å². The fourth-order valence-electron chi connectivity index (χ4n) is 2.25. The molecule has 0 saturated carbocycles. The van der Waals surface area contributed by atoms with Gasteiger partial charge in [-0.05, 0) is 33.3 Å². The monoisotopic (exact) mass is 332 g/mol. The average molecular weight is 332 g/mol. The predicted octanol–water partition coefficient (Wildman–Crippen LogP) is 2.89. The van der Waals surface area contributed by atoms with Crippen LogP contribution in [-0.2, 0) is 17.8 Å². The van der Waals surface area contributed by atoms with Crippen molar-refractivity contribution in [2.75, 3.05) is 0 Å². The number of hydrogen-bond donors (Lipinski definition) is 1. The van der Waals surface area contributed by atoms with Crippen LogP contribution < -0.4 is 5.32 Å². The van der Waals surface area contributed by atoms with E-state index in [0.717, 1.165) is 23.9 Å². The summed E-state index contributed by atoms with van der Waals surface area (Å²) in [6.07, 6.45) is 0.745. The number of carbonyl (C=O) groups is 1. The molecule has 0 bridgehead atoms. The number of thioether (sulfide) groups is 1. The number of rotatable bonds is 7. The lowest BCUT2D eigenvalue weighted by atomic mass is 10.1. The third-order valence-corrected chi connectivity index (χ3v) is 4.48. The fraction of sp³-hybridized carbons (Fsp3) is 0.471. The molecule has 0 aliphatic carbocycles. The molecule has 1 aromatic carbocycles. The number of nitrogens with one attached hydrogen (secondary N) is 1. The molecule has 23 heavy (non-hydrogen) atoms. The molecule has 0 radical (unpaired) electrons. The second kappa shape index (κ2) is 8.15. The van der Waals surface area contributed by atoms with Gasteiger partial charge < -0.3 is 9.88 Å². The van der Waals surface area contributed by atoms with Crippen LogP contribution in [0.25, 0.3) is 0 Å². The minimum Gasteiger partial charge on any atom is -0.353 e. The lowest BCUT2D eigenvalue weighted by Crippen LogP contribution is -2.36. The van der Waals surface area contributed by atoms with Crippen molar-refractivity contribution < 1.29 is 4.79 Å². The van der Waals surface area contributed by atoms with Crippen LogP contribution in [0, 0.1) is 0 Å². The summed E-state index contributed by atoms with van der Waals surface area (Å²) >= 11 is 1.45. The largest absolute Gasteiger partial charge is 0.353 e. The van der Waals surface area contributed by atoms with Gasteiger partial charge in [0.05, 0.1) is 5.25 Å². The second-order valence-electron chi connectivity index (χ2n) is 5.73. The highest BCUT2D eigenvalue weighted by Gasteiger charge is 2.20. The first kappa shape index (κ1) is 17.5. The molecule has 6 heteroatoms. The van der Waals surface area contributed by atoms with Crippen LogP contribution in [0.15, 0.2) is 35.5 Å². The highest BCUT2D eigenvalue weighted by atomic mass is 32.2. The Hall–Kier alpha value is -1.82. The number of carbonyl (C=O) groups excluding carboxylic acids is 1. The van der Waals surface area contributed by atoms with E-state index in [-0.39, 0.29) is 17.2 Å². The molecule has 0 aliphatic rings. The Kier molecular flexibility index (Phi) is 6.21. The number of aromatic nitrogens is 3. The maximum atomic E-state index is 12.1. The van der Waals surface area contributed by atoms with Crippen molar-refractivity contribution in [2.45, 2.75) is 57.1 Å². The average Bonchev–Trinajstić information content (AvgIpc) is 2.89. The summed E-state index contributed by atoms with van der Waals surface area (Å²) in [6.45, 7) is 8.67. The smallest absolute Gasteiger partial charge is 0.233 e. The summed E-state index contributed by atoms with van der Waals surface area (Å²) in [5, 5.41) is 12.1. The molecule has 1 aromatic heterocycles. The molecule has 1 atom stereocenters. The van der Waals surface area contributed by atoms with Crippen molar-refractivity contribution in [3.05, 3.63) is 41.7 Å². The SMILES string of the molecule is CCn1c(Cc2ccccc2)nnc1S[C@H](C)C(=O)NC(C)C. The first-order valence-corrected chi connectivity index (χ1v) is 8.82. The summed E-state index contributed by atoms with van der Waals surface area (Å²) < 4.78 is 2.08. The van der Waals surface area contributed by atoms with E-state index in [4.69, 9.17) is 0 Å². The van der Waals surface area contributed by atoms with E-state index in [0.29, 0.717) is 0 Å². The quantitative estimate of drug-likeness (QED) is 0.792. The van der Waals surface area contributed by atoms with Gasteiger partial charge in [-0.15, -0.1) is 10.2 Å². The van der Waals surface area contributed by atoms with Gasteiger partial charge in [0, 0.05) is 19.0 Å². The summed E-state index contributed by atoms with van der Waals surface area (Å²) in [4.78, 5) is 12.1. The van der Waals surface area contributed by atoms with Crippen molar-refractivity contribution in [3.63, 3.8) is 0 Å². The van der Waals surface area contributed by atoms with Crippen LogP contribution in [0.1, 0.15) is 39.1 Å². The molecule has 0 aliphatic heterocycles. The lowest BCUT2D eigenvalue weighted by Gasteiger charge is -2.14. The summed E-state index contributed by atoms with van der Waals surface area (Å²) in [5.41, 5.74) is 1.21. The van der Waals surface area contributed by atoms with Crippen LogP contribution in [-0.4, -0.2) is 32.0 Å². The molecule has 1 heterocycles. The molecule has 0 spiro atoms. The Bertz CT molecular complexity index is 639. The number of amides is 1. The molecule has 1 amide bonds. The Labute approximate surface area is 141 Å². The topological polar surface area (TPSA) is 59.8 Å². The summed E-state index contributed by atoms with van der Waals surface area (Å²) in [6, 6.07) is 10.4. The highest BCUT2D eigenvalue weighted by molar-refractivity contribution is 8.00. The van der Waals surface area contributed by atoms with Gasteiger partial charge in [-0.1, -0.05) is 42.1 Å². The molecule has 0 saturated heterocycles. The van der Waals surface area contributed by atoms with Crippen molar-refractivity contribution in [3.8, 4) is 0 Å². The van der Waals surface area contributed by atoms with E-state index in [9.17, 15) is 4.79 Å². The van der Waals surface area contributed by atoms with Crippen LogP contribution >= 0.6 is 11.8 Å². The van der Waals surface area contributed by atoms with Gasteiger partial charge in [0.25, 0.3) is 0 Å². The molecule has 124 valence electrons. The molecular weight excluding hydrogens is 308 g/mol. The Morgan fingerprint density at radius 2 is 1.91 bits per heavy atom. The first-order valence-electron chi connectivity index (χ1n) is 7.94. The second-order valence-corrected chi connectivity index (χ2v) is 7.04. The zero-order valence-electron chi connectivity index (χ0n) is 14.1. The van der Waals surface area contributed by atoms with Crippen molar-refractivity contribution in [1.29, 1.82) is 0 Å². The van der Waals surface area contributed by atoms with Gasteiger partial charge in [0.2, 0.25) is 5.91 Å². The maximum Gasteiger partial charge on any atom is 0.233 e. The van der Waals surface area contributed by atoms with Gasteiger partial charge in [-0.2, -0.15) is 0 Å². The standard InChI is InChI=1S/C17H24N4OS/c1-5-21-15(11-14-9-7-6-8-10-14)19-20-17(21)23-13(4)16(22)18-12(2)3/h6-10,12-13H,5,11H2,1-4H3,(H,18,22)/t13-/m1/s1. The zero-order chi connectivity index (χ0) is 16.8. The molecule has 1 N–H and O–H groups in total. The minimum atomic E-state index is -0.198.